The summed E-state index contributed by atoms with van der Waals surface area (Å²) in [4.78, 5) is 40.2. The Labute approximate surface area is 255 Å². The van der Waals surface area contributed by atoms with Crippen molar-refractivity contribution >= 4 is 29.3 Å². The van der Waals surface area contributed by atoms with Crippen LogP contribution in [0, 0.1) is 10.8 Å². The van der Waals surface area contributed by atoms with Crippen LogP contribution in [0.2, 0.25) is 0 Å². The number of carbonyl (C=O) groups is 3. The Hall–Kier alpha value is -5.28. The molecule has 44 heavy (non-hydrogen) atoms. The van der Waals surface area contributed by atoms with Gasteiger partial charge in [0.25, 0.3) is 11.8 Å². The largest absolute Gasteiger partial charge is 0.478 e. The molecule has 1 fully saturated rings. The smallest absolute Gasteiger partial charge is 0.336 e. The molecule has 1 atom stereocenters. The number of aromatic carboxylic acids is 1. The molecular weight excluding hydrogens is 556 g/mol. The molecular formula is C35H34N4O5. The summed E-state index contributed by atoms with van der Waals surface area (Å²) in [6.45, 7) is 4.91. The molecule has 224 valence electrons. The van der Waals surface area contributed by atoms with E-state index in [1.54, 1.807) is 60.7 Å². The van der Waals surface area contributed by atoms with E-state index in [0.717, 1.165) is 5.56 Å². The topological polar surface area (TPSA) is 155 Å². The highest BCUT2D eigenvalue weighted by atomic mass is 16.5. The quantitative estimate of drug-likeness (QED) is 0.131. The number of carboxylic acids is 1. The zero-order chi connectivity index (χ0) is 31.4. The van der Waals surface area contributed by atoms with Crippen molar-refractivity contribution in [2.24, 2.45) is 11.1 Å². The molecule has 1 aliphatic heterocycles. The fourth-order valence-electron chi connectivity index (χ4n) is 5.40. The lowest BCUT2D eigenvalue weighted by Crippen LogP contribution is -2.44. The average molecular weight is 591 g/mol. The molecule has 2 amide bonds. The number of nitrogen functional groups attached to an aromatic ring is 1. The molecule has 0 spiro atoms. The lowest BCUT2D eigenvalue weighted by molar-refractivity contribution is 0.0696. The van der Waals surface area contributed by atoms with Gasteiger partial charge in [0, 0.05) is 27.8 Å². The maximum atomic E-state index is 13.7. The Morgan fingerprint density at radius 1 is 0.886 bits per heavy atom. The number of hydrogen-bond acceptors (Lipinski definition) is 5. The lowest BCUT2D eigenvalue weighted by atomic mass is 9.85. The first kappa shape index (κ1) is 30.2. The van der Waals surface area contributed by atoms with Crippen LogP contribution < -0.4 is 16.4 Å². The molecule has 0 aliphatic carbocycles. The molecule has 0 radical (unpaired) electrons. The predicted molar refractivity (Wildman–Crippen MR) is 169 cm³/mol. The molecule has 4 aromatic rings. The second-order valence-electron chi connectivity index (χ2n) is 11.5. The molecule has 5 rings (SSSR count). The van der Waals surface area contributed by atoms with Crippen molar-refractivity contribution in [3.8, 4) is 11.1 Å². The summed E-state index contributed by atoms with van der Waals surface area (Å²) in [7, 11) is 0. The van der Waals surface area contributed by atoms with Crippen LogP contribution in [0.3, 0.4) is 0 Å². The summed E-state index contributed by atoms with van der Waals surface area (Å²) in [6.07, 6.45) is 0.195. The maximum Gasteiger partial charge on any atom is 0.336 e. The van der Waals surface area contributed by atoms with E-state index in [9.17, 15) is 19.5 Å². The van der Waals surface area contributed by atoms with E-state index in [-0.39, 0.29) is 46.3 Å². The van der Waals surface area contributed by atoms with Crippen molar-refractivity contribution < 1.29 is 24.2 Å². The highest BCUT2D eigenvalue weighted by Crippen LogP contribution is 2.34. The van der Waals surface area contributed by atoms with Crippen LogP contribution in [0.4, 0.5) is 5.69 Å². The van der Waals surface area contributed by atoms with E-state index in [2.05, 4.69) is 10.6 Å². The normalized spacial score (nSPS) is 15.4. The number of amidine groups is 1. The monoisotopic (exact) mass is 590 g/mol. The molecule has 1 heterocycles. The summed E-state index contributed by atoms with van der Waals surface area (Å²) >= 11 is 0. The van der Waals surface area contributed by atoms with Crippen LogP contribution in [0.5, 0.6) is 0 Å². The number of rotatable bonds is 9. The number of benzene rings is 4. The highest BCUT2D eigenvalue weighted by Gasteiger charge is 2.37. The molecule has 0 aromatic heterocycles. The van der Waals surface area contributed by atoms with Crippen molar-refractivity contribution in [1.82, 2.24) is 5.32 Å². The van der Waals surface area contributed by atoms with Gasteiger partial charge in [-0.3, -0.25) is 15.0 Å². The summed E-state index contributed by atoms with van der Waals surface area (Å²) in [5.41, 5.74) is 8.67. The van der Waals surface area contributed by atoms with Crippen molar-refractivity contribution in [2.75, 3.05) is 18.5 Å². The number of amides is 2. The molecule has 0 saturated carbocycles. The Bertz CT molecular complexity index is 1730. The number of anilines is 1. The SMILES string of the molecule is CC1(C)COC[C@H]1NC(=O)c1ccc(-c2ccccc2C(=O)Nc2ccc(C(=N)N)cc2)c(C(=O)O)c1Cc1ccccc1. The molecule has 0 unspecified atom stereocenters. The van der Waals surface area contributed by atoms with Gasteiger partial charge in [0.05, 0.1) is 24.8 Å². The molecule has 1 aliphatic rings. The maximum absolute atomic E-state index is 13.7. The third-order valence-electron chi connectivity index (χ3n) is 7.92. The van der Waals surface area contributed by atoms with E-state index < -0.39 is 11.9 Å². The third-order valence-corrected chi connectivity index (χ3v) is 7.92. The van der Waals surface area contributed by atoms with Crippen molar-refractivity contribution in [1.29, 1.82) is 5.41 Å². The first-order chi connectivity index (χ1) is 21.0. The van der Waals surface area contributed by atoms with Crippen LogP contribution in [0.1, 0.15) is 61.6 Å². The van der Waals surface area contributed by atoms with Gasteiger partial charge in [-0.1, -0.05) is 68.4 Å². The van der Waals surface area contributed by atoms with Crippen molar-refractivity contribution in [2.45, 2.75) is 26.3 Å². The molecule has 9 nitrogen and oxygen atoms in total. The minimum absolute atomic E-state index is 0.0468. The molecule has 4 aromatic carbocycles. The Morgan fingerprint density at radius 3 is 2.20 bits per heavy atom. The number of carbonyl (C=O) groups excluding carboxylic acids is 2. The number of nitrogens with two attached hydrogens (primary N) is 1. The summed E-state index contributed by atoms with van der Waals surface area (Å²) in [6, 6.07) is 25.6. The van der Waals surface area contributed by atoms with E-state index in [4.69, 9.17) is 15.9 Å². The fourth-order valence-corrected chi connectivity index (χ4v) is 5.40. The first-order valence-corrected chi connectivity index (χ1v) is 14.2. The van der Waals surface area contributed by atoms with Gasteiger partial charge in [0.15, 0.2) is 0 Å². The van der Waals surface area contributed by atoms with Gasteiger partial charge < -0.3 is 26.2 Å². The molecule has 9 heteroatoms. The summed E-state index contributed by atoms with van der Waals surface area (Å²) < 4.78 is 5.61. The molecule has 6 N–H and O–H groups in total. The number of nitrogens with one attached hydrogen (secondary N) is 3. The van der Waals surface area contributed by atoms with E-state index >= 15 is 0 Å². The predicted octanol–water partition coefficient (Wildman–Crippen LogP) is 5.33. The fraction of sp³-hybridized carbons (Fsp3) is 0.200. The van der Waals surface area contributed by atoms with Crippen LogP contribution in [-0.2, 0) is 11.2 Å². The first-order valence-electron chi connectivity index (χ1n) is 14.2. The number of hydrogen-bond donors (Lipinski definition) is 5. The van der Waals surface area contributed by atoms with Gasteiger partial charge in [-0.05, 0) is 65.1 Å². The second-order valence-corrected chi connectivity index (χ2v) is 11.5. The average Bonchev–Trinajstić information content (AvgIpc) is 3.34. The van der Waals surface area contributed by atoms with Gasteiger partial charge in [0.2, 0.25) is 0 Å². The zero-order valence-electron chi connectivity index (χ0n) is 24.5. The van der Waals surface area contributed by atoms with E-state index in [1.165, 1.54) is 0 Å². The van der Waals surface area contributed by atoms with E-state index in [0.29, 0.717) is 41.2 Å². The number of carboxylic acid groups (broad SMARTS) is 1. The van der Waals surface area contributed by atoms with E-state index in [1.807, 2.05) is 44.2 Å². The minimum Gasteiger partial charge on any atom is -0.478 e. The lowest BCUT2D eigenvalue weighted by Gasteiger charge is -2.26. The molecule has 1 saturated heterocycles. The Morgan fingerprint density at radius 2 is 1.57 bits per heavy atom. The Balaban J connectivity index is 1.58. The van der Waals surface area contributed by atoms with Gasteiger partial charge in [-0.15, -0.1) is 0 Å². The van der Waals surface area contributed by atoms with Crippen molar-refractivity contribution in [3.05, 3.63) is 124 Å². The Kier molecular flexibility index (Phi) is 8.59. The summed E-state index contributed by atoms with van der Waals surface area (Å²) in [5.74, 6) is -2.12. The second kappa shape index (κ2) is 12.5. The van der Waals surface area contributed by atoms with Crippen LogP contribution in [-0.4, -0.2) is 48.0 Å². The van der Waals surface area contributed by atoms with Gasteiger partial charge in [-0.2, -0.15) is 0 Å². The van der Waals surface area contributed by atoms with Crippen LogP contribution in [0.25, 0.3) is 11.1 Å². The zero-order valence-corrected chi connectivity index (χ0v) is 24.5. The van der Waals surface area contributed by atoms with Gasteiger partial charge >= 0.3 is 5.97 Å². The molecule has 0 bridgehead atoms. The van der Waals surface area contributed by atoms with Crippen LogP contribution in [0.15, 0.2) is 91.0 Å². The standard InChI is InChI=1S/C35H34N4O5/c1-35(2)20-44-19-29(35)39-33(41)27-17-16-25(30(34(42)43)28(27)18-21-8-4-3-5-9-21)24-10-6-7-11-26(24)32(40)38-23-14-12-22(13-15-23)31(36)37/h3-17,29H,18-20H2,1-2H3,(H3,36,37)(H,38,40)(H,39,41)(H,42,43)/t29-/m1/s1. The minimum atomic E-state index is -1.21. The van der Waals surface area contributed by atoms with Crippen LogP contribution >= 0.6 is 0 Å². The third kappa shape index (κ3) is 6.38. The van der Waals surface area contributed by atoms with Gasteiger partial charge in [0.1, 0.15) is 5.84 Å². The highest BCUT2D eigenvalue weighted by molar-refractivity contribution is 6.11. The van der Waals surface area contributed by atoms with Crippen molar-refractivity contribution in [3.63, 3.8) is 0 Å². The number of ether oxygens (including phenoxy) is 1. The summed E-state index contributed by atoms with van der Waals surface area (Å²) in [5, 5.41) is 24.1. The van der Waals surface area contributed by atoms with Gasteiger partial charge in [-0.25, -0.2) is 4.79 Å².